The number of rotatable bonds is 8. The van der Waals surface area contributed by atoms with E-state index in [9.17, 15) is 0 Å². The highest BCUT2D eigenvalue weighted by Crippen LogP contribution is 2.49. The van der Waals surface area contributed by atoms with Crippen molar-refractivity contribution in [2.24, 2.45) is 0 Å². The molecule has 2 nitrogen and oxygen atoms in total. The number of fused-ring (bicyclic) bond motifs is 2. The van der Waals surface area contributed by atoms with Crippen molar-refractivity contribution in [2.75, 3.05) is 9.80 Å². The molecule has 54 heavy (non-hydrogen) atoms. The van der Waals surface area contributed by atoms with Gasteiger partial charge in [-0.3, -0.25) is 0 Å². The van der Waals surface area contributed by atoms with E-state index in [1.165, 1.54) is 54.9 Å². The minimum absolute atomic E-state index is 1.12. The van der Waals surface area contributed by atoms with E-state index in [4.69, 9.17) is 0 Å². The number of hydrogen-bond acceptors (Lipinski definition) is 2. The van der Waals surface area contributed by atoms with Gasteiger partial charge in [0.05, 0.1) is 0 Å². The summed E-state index contributed by atoms with van der Waals surface area (Å²) in [5.41, 5.74) is 14.1. The molecule has 0 spiro atoms. The number of anilines is 6. The normalized spacial score (nSPS) is 11.1. The van der Waals surface area contributed by atoms with Crippen LogP contribution in [0.3, 0.4) is 0 Å². The van der Waals surface area contributed by atoms with Crippen molar-refractivity contribution in [3.05, 3.63) is 217 Å². The first-order valence-electron chi connectivity index (χ1n) is 18.6. The minimum atomic E-state index is 1.12. The van der Waals surface area contributed by atoms with Gasteiger partial charge in [0.1, 0.15) is 0 Å². The summed E-state index contributed by atoms with van der Waals surface area (Å²) in [5, 5.41) is 4.91. The van der Waals surface area contributed by atoms with E-state index in [1.807, 2.05) is 0 Å². The number of benzene rings is 9. The molecule has 0 amide bonds. The van der Waals surface area contributed by atoms with Crippen LogP contribution >= 0.6 is 0 Å². The average molecular weight is 693 g/mol. The van der Waals surface area contributed by atoms with E-state index < -0.39 is 0 Å². The Kier molecular flexibility index (Phi) is 8.70. The quantitative estimate of drug-likeness (QED) is 0.146. The first-order valence-corrected chi connectivity index (χ1v) is 18.6. The lowest BCUT2D eigenvalue weighted by Crippen LogP contribution is -2.12. The molecule has 9 aromatic carbocycles. The highest BCUT2D eigenvalue weighted by Gasteiger charge is 2.24. The van der Waals surface area contributed by atoms with E-state index in [2.05, 4.69) is 230 Å². The fourth-order valence-corrected chi connectivity index (χ4v) is 7.99. The summed E-state index contributed by atoms with van der Waals surface area (Å²) in [6, 6.07) is 74.4. The van der Waals surface area contributed by atoms with Crippen LogP contribution in [-0.2, 0) is 0 Å². The molecule has 9 rings (SSSR count). The Morgan fingerprint density at radius 3 is 0.796 bits per heavy atom. The van der Waals surface area contributed by atoms with Gasteiger partial charge in [0, 0.05) is 34.1 Å². The van der Waals surface area contributed by atoms with Gasteiger partial charge < -0.3 is 9.80 Å². The minimum Gasteiger partial charge on any atom is -0.310 e. The molecule has 0 saturated carbocycles. The maximum Gasteiger partial charge on any atom is 0.0497 e. The van der Waals surface area contributed by atoms with Crippen molar-refractivity contribution >= 4 is 55.7 Å². The van der Waals surface area contributed by atoms with Crippen molar-refractivity contribution in [3.63, 3.8) is 0 Å². The molecular weight excluding hydrogens is 653 g/mol. The molecule has 0 bridgehead atoms. The van der Waals surface area contributed by atoms with E-state index in [0.29, 0.717) is 0 Å². The number of para-hydroxylation sites is 4. The molecule has 0 unspecified atom stereocenters. The zero-order valence-corrected chi connectivity index (χ0v) is 30.5. The third-order valence-electron chi connectivity index (χ3n) is 10.4. The van der Waals surface area contributed by atoms with Crippen molar-refractivity contribution in [2.45, 2.75) is 13.8 Å². The molecular formula is C52H40N2. The molecule has 9 aromatic rings. The van der Waals surface area contributed by atoms with Crippen LogP contribution in [0.1, 0.15) is 11.1 Å². The fraction of sp³-hybridized carbons (Fsp3) is 0.0385. The van der Waals surface area contributed by atoms with Crippen LogP contribution in [0.25, 0.3) is 43.8 Å². The van der Waals surface area contributed by atoms with E-state index in [1.54, 1.807) is 0 Å². The SMILES string of the molecule is Cc1cc2c(-c3ccccc3)c3cc(N(c4ccccc4)c4ccccc4)c(C)cc3c(-c3ccccc3)c2cc1N(c1ccccc1)c1ccccc1. The molecule has 0 heterocycles. The molecule has 0 aliphatic carbocycles. The summed E-state index contributed by atoms with van der Waals surface area (Å²) in [6.07, 6.45) is 0. The summed E-state index contributed by atoms with van der Waals surface area (Å²) >= 11 is 0. The topological polar surface area (TPSA) is 6.48 Å². The molecule has 0 radical (unpaired) electrons. The van der Waals surface area contributed by atoms with Gasteiger partial charge in [-0.2, -0.15) is 0 Å². The number of aryl methyl sites for hydroxylation is 2. The summed E-state index contributed by atoms with van der Waals surface area (Å²) in [7, 11) is 0. The van der Waals surface area contributed by atoms with Crippen LogP contribution in [0.15, 0.2) is 206 Å². The van der Waals surface area contributed by atoms with Gasteiger partial charge in [-0.05, 0) is 142 Å². The predicted molar refractivity (Wildman–Crippen MR) is 231 cm³/mol. The van der Waals surface area contributed by atoms with Crippen LogP contribution in [0, 0.1) is 13.8 Å². The third kappa shape index (κ3) is 5.98. The van der Waals surface area contributed by atoms with E-state index in [-0.39, 0.29) is 0 Å². The van der Waals surface area contributed by atoms with Crippen LogP contribution in [0.5, 0.6) is 0 Å². The summed E-state index contributed by atoms with van der Waals surface area (Å²) in [5.74, 6) is 0. The second-order valence-corrected chi connectivity index (χ2v) is 13.9. The Balaban J connectivity index is 1.42. The number of hydrogen-bond donors (Lipinski definition) is 0. The maximum atomic E-state index is 2.43. The molecule has 0 N–H and O–H groups in total. The second-order valence-electron chi connectivity index (χ2n) is 13.9. The summed E-state index contributed by atoms with van der Waals surface area (Å²) < 4.78 is 0. The Hall–Kier alpha value is -6.90. The van der Waals surface area contributed by atoms with Gasteiger partial charge in [0.25, 0.3) is 0 Å². The monoisotopic (exact) mass is 692 g/mol. The van der Waals surface area contributed by atoms with Gasteiger partial charge in [0.15, 0.2) is 0 Å². The maximum absolute atomic E-state index is 2.43. The Morgan fingerprint density at radius 1 is 0.278 bits per heavy atom. The Labute approximate surface area is 317 Å². The van der Waals surface area contributed by atoms with Crippen LogP contribution in [0.2, 0.25) is 0 Å². The molecule has 258 valence electrons. The molecule has 0 aliphatic heterocycles. The molecule has 2 heteroatoms. The van der Waals surface area contributed by atoms with Crippen molar-refractivity contribution in [3.8, 4) is 22.3 Å². The van der Waals surface area contributed by atoms with Crippen LogP contribution in [-0.4, -0.2) is 0 Å². The van der Waals surface area contributed by atoms with Crippen molar-refractivity contribution < 1.29 is 0 Å². The summed E-state index contributed by atoms with van der Waals surface area (Å²) in [6.45, 7) is 4.50. The fourth-order valence-electron chi connectivity index (χ4n) is 7.99. The standard InChI is InChI=1S/C52H40N2/c1-37-33-45-47(35-49(37)53(41-25-13-5-14-26-41)42-27-15-6-16-28-42)52(40-23-11-4-12-24-40)46-34-38(2)50(36-48(46)51(45)39-21-9-3-10-22-39)54(43-29-17-7-18-30-43)44-31-19-8-20-32-44/h3-36H,1-2H3. The molecule has 0 saturated heterocycles. The van der Waals surface area contributed by atoms with Crippen molar-refractivity contribution in [1.29, 1.82) is 0 Å². The zero-order valence-electron chi connectivity index (χ0n) is 30.5. The first kappa shape index (κ1) is 33.0. The lowest BCUT2D eigenvalue weighted by atomic mass is 9.84. The van der Waals surface area contributed by atoms with Crippen LogP contribution in [0.4, 0.5) is 34.1 Å². The smallest absolute Gasteiger partial charge is 0.0497 e. The summed E-state index contributed by atoms with van der Waals surface area (Å²) in [4.78, 5) is 4.78. The van der Waals surface area contributed by atoms with Crippen molar-refractivity contribution in [1.82, 2.24) is 0 Å². The van der Waals surface area contributed by atoms with E-state index >= 15 is 0 Å². The Bertz CT molecular complexity index is 2420. The van der Waals surface area contributed by atoms with Gasteiger partial charge in [-0.15, -0.1) is 0 Å². The van der Waals surface area contributed by atoms with E-state index in [0.717, 1.165) is 34.1 Å². The Morgan fingerprint density at radius 2 is 0.519 bits per heavy atom. The lowest BCUT2D eigenvalue weighted by molar-refractivity contribution is 1.26. The highest BCUT2D eigenvalue weighted by atomic mass is 15.1. The second kappa shape index (κ2) is 14.3. The predicted octanol–water partition coefficient (Wildman–Crippen LogP) is 14.9. The van der Waals surface area contributed by atoms with Crippen LogP contribution < -0.4 is 9.80 Å². The zero-order chi connectivity index (χ0) is 36.4. The molecule has 0 aromatic heterocycles. The first-order chi connectivity index (χ1) is 26.7. The lowest BCUT2D eigenvalue weighted by Gasteiger charge is -2.30. The molecule has 0 fully saturated rings. The third-order valence-corrected chi connectivity index (χ3v) is 10.4. The largest absolute Gasteiger partial charge is 0.310 e. The molecule has 0 aliphatic rings. The average Bonchev–Trinajstić information content (AvgIpc) is 3.23. The van der Waals surface area contributed by atoms with Gasteiger partial charge >= 0.3 is 0 Å². The molecule has 0 atom stereocenters. The van der Waals surface area contributed by atoms with Gasteiger partial charge in [-0.1, -0.05) is 133 Å². The van der Waals surface area contributed by atoms with Gasteiger partial charge in [-0.25, -0.2) is 0 Å². The highest BCUT2D eigenvalue weighted by molar-refractivity contribution is 6.23. The number of nitrogens with zero attached hydrogens (tertiary/aromatic N) is 2. The van der Waals surface area contributed by atoms with Gasteiger partial charge in [0.2, 0.25) is 0 Å².